The standard InChI is InChI=1S/C22H18N4O3S2/c1-12(27)23-15-7-8-17-19(11-15)31-22(24-17)26-21(30)25-20(28)16-9-13-5-3-4-6-14(13)10-18(16)29-2/h3-11H,1-2H3,(H,23,27)(H2,24,25,26,28,30). The monoisotopic (exact) mass is 450 g/mol. The molecule has 0 saturated heterocycles. The smallest absolute Gasteiger partial charge is 0.261 e. The number of hydrogen-bond acceptors (Lipinski definition) is 6. The van der Waals surface area contributed by atoms with Gasteiger partial charge in [-0.3, -0.25) is 14.9 Å². The van der Waals surface area contributed by atoms with Crippen LogP contribution in [0.3, 0.4) is 0 Å². The van der Waals surface area contributed by atoms with Crippen LogP contribution in [0.1, 0.15) is 17.3 Å². The number of carbonyl (C=O) groups is 2. The lowest BCUT2D eigenvalue weighted by molar-refractivity contribution is -0.114. The number of ether oxygens (including phenoxy) is 1. The number of rotatable bonds is 4. The van der Waals surface area contributed by atoms with Crippen LogP contribution in [0.15, 0.2) is 54.6 Å². The van der Waals surface area contributed by atoms with Crippen LogP contribution < -0.4 is 20.7 Å². The molecule has 2 amide bonds. The summed E-state index contributed by atoms with van der Waals surface area (Å²) in [4.78, 5) is 28.5. The van der Waals surface area contributed by atoms with Crippen molar-refractivity contribution in [3.05, 3.63) is 60.2 Å². The number of fused-ring (bicyclic) bond motifs is 2. The molecule has 0 bridgehead atoms. The molecule has 31 heavy (non-hydrogen) atoms. The van der Waals surface area contributed by atoms with Gasteiger partial charge in [0.2, 0.25) is 5.91 Å². The fourth-order valence-corrected chi connectivity index (χ4v) is 4.29. The lowest BCUT2D eigenvalue weighted by Crippen LogP contribution is -2.34. The first-order chi connectivity index (χ1) is 14.9. The molecule has 1 aromatic heterocycles. The Morgan fingerprint density at radius 2 is 1.77 bits per heavy atom. The Kier molecular flexibility index (Phi) is 5.79. The first-order valence-electron chi connectivity index (χ1n) is 9.30. The molecule has 3 aromatic carbocycles. The molecule has 1 heterocycles. The first kappa shape index (κ1) is 20.7. The van der Waals surface area contributed by atoms with Crippen LogP contribution in [0, 0.1) is 0 Å². The highest BCUT2D eigenvalue weighted by atomic mass is 32.1. The van der Waals surface area contributed by atoms with Gasteiger partial charge in [-0.25, -0.2) is 4.98 Å². The first-order valence-corrected chi connectivity index (χ1v) is 10.5. The summed E-state index contributed by atoms with van der Waals surface area (Å²) in [5.41, 5.74) is 1.83. The Hall–Kier alpha value is -3.56. The van der Waals surface area contributed by atoms with Crippen molar-refractivity contribution in [1.29, 1.82) is 0 Å². The van der Waals surface area contributed by atoms with E-state index in [-0.39, 0.29) is 16.9 Å². The molecule has 4 aromatic rings. The second-order valence-corrected chi connectivity index (χ2v) is 8.13. The second kappa shape index (κ2) is 8.66. The van der Waals surface area contributed by atoms with Crippen molar-refractivity contribution in [1.82, 2.24) is 10.3 Å². The van der Waals surface area contributed by atoms with Crippen molar-refractivity contribution in [3.8, 4) is 5.75 Å². The SMILES string of the molecule is COc1cc2ccccc2cc1C(=O)NC(=S)Nc1nc2ccc(NC(C)=O)cc2s1. The van der Waals surface area contributed by atoms with Gasteiger partial charge in [0.15, 0.2) is 10.2 Å². The van der Waals surface area contributed by atoms with Crippen LogP contribution in [0.25, 0.3) is 21.0 Å². The van der Waals surface area contributed by atoms with Crippen LogP contribution >= 0.6 is 23.6 Å². The zero-order valence-corrected chi connectivity index (χ0v) is 18.3. The summed E-state index contributed by atoms with van der Waals surface area (Å²) in [6, 6.07) is 16.7. The highest BCUT2D eigenvalue weighted by Crippen LogP contribution is 2.29. The zero-order chi connectivity index (χ0) is 22.0. The Labute approximate surface area is 187 Å². The van der Waals surface area contributed by atoms with Crippen molar-refractivity contribution in [3.63, 3.8) is 0 Å². The van der Waals surface area contributed by atoms with Crippen LogP contribution in [-0.2, 0) is 4.79 Å². The molecule has 0 aliphatic rings. The Bertz CT molecular complexity index is 1330. The van der Waals surface area contributed by atoms with Crippen molar-refractivity contribution in [2.24, 2.45) is 0 Å². The van der Waals surface area contributed by atoms with E-state index in [1.165, 1.54) is 25.4 Å². The fraction of sp³-hybridized carbons (Fsp3) is 0.0909. The summed E-state index contributed by atoms with van der Waals surface area (Å²) in [7, 11) is 1.52. The highest BCUT2D eigenvalue weighted by molar-refractivity contribution is 7.80. The molecule has 4 rings (SSSR count). The van der Waals surface area contributed by atoms with Gasteiger partial charge in [0.05, 0.1) is 22.9 Å². The van der Waals surface area contributed by atoms with E-state index < -0.39 is 0 Å². The summed E-state index contributed by atoms with van der Waals surface area (Å²) < 4.78 is 6.26. The number of hydrogen-bond donors (Lipinski definition) is 3. The molecule has 0 radical (unpaired) electrons. The van der Waals surface area contributed by atoms with Crippen LogP contribution in [0.2, 0.25) is 0 Å². The van der Waals surface area contributed by atoms with Gasteiger partial charge in [-0.1, -0.05) is 35.6 Å². The number of anilines is 2. The normalized spacial score (nSPS) is 10.6. The summed E-state index contributed by atoms with van der Waals surface area (Å²) >= 11 is 6.66. The minimum Gasteiger partial charge on any atom is -0.496 e. The number of aromatic nitrogens is 1. The number of nitrogens with zero attached hydrogens (tertiary/aromatic N) is 1. The maximum absolute atomic E-state index is 12.8. The van der Waals surface area contributed by atoms with Crippen LogP contribution in [-0.4, -0.2) is 29.0 Å². The summed E-state index contributed by atoms with van der Waals surface area (Å²) in [6.07, 6.45) is 0. The molecular formula is C22H18N4O3S2. The Morgan fingerprint density at radius 1 is 1.03 bits per heavy atom. The van der Waals surface area contributed by atoms with E-state index >= 15 is 0 Å². The number of thiazole rings is 1. The number of amides is 2. The average Bonchev–Trinajstić information content (AvgIpc) is 3.13. The largest absolute Gasteiger partial charge is 0.496 e. The van der Waals surface area contributed by atoms with Crippen molar-refractivity contribution in [2.75, 3.05) is 17.7 Å². The summed E-state index contributed by atoms with van der Waals surface area (Å²) in [6.45, 7) is 1.45. The van der Waals surface area contributed by atoms with Gasteiger partial charge in [-0.2, -0.15) is 0 Å². The van der Waals surface area contributed by atoms with E-state index in [0.29, 0.717) is 22.1 Å². The van der Waals surface area contributed by atoms with E-state index in [1.54, 1.807) is 12.1 Å². The van der Waals surface area contributed by atoms with E-state index in [0.717, 1.165) is 21.0 Å². The van der Waals surface area contributed by atoms with Crippen LogP contribution in [0.5, 0.6) is 5.75 Å². The third-order valence-electron chi connectivity index (χ3n) is 4.47. The fourth-order valence-electron chi connectivity index (χ4n) is 3.12. The molecule has 7 nitrogen and oxygen atoms in total. The van der Waals surface area contributed by atoms with E-state index in [1.807, 2.05) is 42.5 Å². The zero-order valence-electron chi connectivity index (χ0n) is 16.7. The lowest BCUT2D eigenvalue weighted by Gasteiger charge is -2.11. The third-order valence-corrected chi connectivity index (χ3v) is 5.61. The van der Waals surface area contributed by atoms with Gasteiger partial charge in [0.25, 0.3) is 5.91 Å². The molecule has 0 atom stereocenters. The molecule has 0 saturated carbocycles. The van der Waals surface area contributed by atoms with Crippen molar-refractivity contribution >= 4 is 72.3 Å². The van der Waals surface area contributed by atoms with Gasteiger partial charge >= 0.3 is 0 Å². The molecular weight excluding hydrogens is 432 g/mol. The third kappa shape index (κ3) is 4.62. The number of thiocarbonyl (C=S) groups is 1. The Balaban J connectivity index is 1.50. The van der Waals surface area contributed by atoms with E-state index in [9.17, 15) is 9.59 Å². The highest BCUT2D eigenvalue weighted by Gasteiger charge is 2.16. The topological polar surface area (TPSA) is 92.3 Å². The number of nitrogens with one attached hydrogen (secondary N) is 3. The summed E-state index contributed by atoms with van der Waals surface area (Å²) in [5.74, 6) is -0.0612. The maximum atomic E-state index is 12.8. The van der Waals surface area contributed by atoms with Gasteiger partial charge in [-0.05, 0) is 53.3 Å². The molecule has 0 unspecified atom stereocenters. The predicted molar refractivity (Wildman–Crippen MR) is 128 cm³/mol. The van der Waals surface area contributed by atoms with Gasteiger partial charge in [0.1, 0.15) is 5.75 Å². The van der Waals surface area contributed by atoms with E-state index in [4.69, 9.17) is 17.0 Å². The molecule has 9 heteroatoms. The Morgan fingerprint density at radius 3 is 2.48 bits per heavy atom. The molecule has 3 N–H and O–H groups in total. The molecule has 0 aliphatic carbocycles. The molecule has 0 aliphatic heterocycles. The average molecular weight is 451 g/mol. The number of benzene rings is 3. The van der Waals surface area contributed by atoms with Crippen LogP contribution in [0.4, 0.5) is 10.8 Å². The molecule has 156 valence electrons. The van der Waals surface area contributed by atoms with Gasteiger partial charge in [-0.15, -0.1) is 0 Å². The van der Waals surface area contributed by atoms with Gasteiger partial charge in [0, 0.05) is 12.6 Å². The second-order valence-electron chi connectivity index (χ2n) is 6.69. The van der Waals surface area contributed by atoms with Gasteiger partial charge < -0.3 is 15.4 Å². The predicted octanol–water partition coefficient (Wildman–Crippen LogP) is 4.54. The minimum absolute atomic E-state index is 0.126. The quantitative estimate of drug-likeness (QED) is 0.395. The molecule has 0 spiro atoms. The van der Waals surface area contributed by atoms with Crippen molar-refractivity contribution in [2.45, 2.75) is 6.92 Å². The molecule has 0 fully saturated rings. The maximum Gasteiger partial charge on any atom is 0.261 e. The lowest BCUT2D eigenvalue weighted by atomic mass is 10.1. The summed E-state index contributed by atoms with van der Waals surface area (Å²) in [5, 5.41) is 10.9. The number of methoxy groups -OCH3 is 1. The van der Waals surface area contributed by atoms with E-state index in [2.05, 4.69) is 20.9 Å². The number of carbonyl (C=O) groups excluding carboxylic acids is 2. The van der Waals surface area contributed by atoms with Crippen molar-refractivity contribution < 1.29 is 14.3 Å². The minimum atomic E-state index is -0.380.